The summed E-state index contributed by atoms with van der Waals surface area (Å²) in [6.07, 6.45) is 4.27. The molecule has 2 rings (SSSR count). The Morgan fingerprint density at radius 3 is 2.94 bits per heavy atom. The number of nitrogens with zero attached hydrogens (tertiary/aromatic N) is 1. The number of amides is 1. The van der Waals surface area contributed by atoms with Gasteiger partial charge < -0.3 is 15.0 Å². The number of nitrogens with one attached hydrogen (secondary N) is 1. The van der Waals surface area contributed by atoms with Gasteiger partial charge in [-0.3, -0.25) is 4.79 Å². The summed E-state index contributed by atoms with van der Waals surface area (Å²) in [6.45, 7) is 7.83. The van der Waals surface area contributed by atoms with Crippen LogP contribution in [0.4, 0.5) is 0 Å². The van der Waals surface area contributed by atoms with E-state index in [-0.39, 0.29) is 12.0 Å². The Labute approximate surface area is 110 Å². The summed E-state index contributed by atoms with van der Waals surface area (Å²) in [5, 5.41) is 3.52. The van der Waals surface area contributed by atoms with E-state index in [1.54, 1.807) is 0 Å². The van der Waals surface area contributed by atoms with Crippen molar-refractivity contribution in [3.63, 3.8) is 0 Å². The van der Waals surface area contributed by atoms with Crippen LogP contribution in [0.15, 0.2) is 0 Å². The average Bonchev–Trinajstić information content (AvgIpc) is 2.82. The molecular weight excluding hydrogens is 228 g/mol. The third kappa shape index (κ3) is 3.23. The van der Waals surface area contributed by atoms with E-state index in [0.29, 0.717) is 12.0 Å². The van der Waals surface area contributed by atoms with Crippen LogP contribution in [-0.4, -0.2) is 49.2 Å². The number of likely N-dealkylation sites (tertiary alicyclic amines) is 1. The molecule has 0 aliphatic carbocycles. The van der Waals surface area contributed by atoms with Crippen LogP contribution < -0.4 is 5.32 Å². The first-order valence-electron chi connectivity index (χ1n) is 7.36. The number of carbonyl (C=O) groups is 1. The highest BCUT2D eigenvalue weighted by Crippen LogP contribution is 2.23. The molecule has 4 heteroatoms. The molecule has 3 unspecified atom stereocenters. The highest BCUT2D eigenvalue weighted by atomic mass is 16.5. The van der Waals surface area contributed by atoms with Crippen molar-refractivity contribution in [1.29, 1.82) is 0 Å². The predicted octanol–water partition coefficient (Wildman–Crippen LogP) is 1.40. The van der Waals surface area contributed by atoms with Gasteiger partial charge in [-0.15, -0.1) is 0 Å². The van der Waals surface area contributed by atoms with Crippen molar-refractivity contribution >= 4 is 5.91 Å². The van der Waals surface area contributed by atoms with Crippen molar-refractivity contribution in [1.82, 2.24) is 10.2 Å². The van der Waals surface area contributed by atoms with Crippen LogP contribution in [0.3, 0.4) is 0 Å². The minimum Gasteiger partial charge on any atom is -0.368 e. The lowest BCUT2D eigenvalue weighted by molar-refractivity contribution is -0.143. The summed E-state index contributed by atoms with van der Waals surface area (Å²) >= 11 is 0. The summed E-state index contributed by atoms with van der Waals surface area (Å²) in [7, 11) is 0. The van der Waals surface area contributed by atoms with Crippen molar-refractivity contribution in [2.45, 2.75) is 51.7 Å². The smallest absolute Gasteiger partial charge is 0.252 e. The third-order valence-corrected chi connectivity index (χ3v) is 4.05. The molecule has 0 aromatic carbocycles. The minimum absolute atomic E-state index is 0.185. The number of ether oxygens (including phenoxy) is 1. The third-order valence-electron chi connectivity index (χ3n) is 4.05. The maximum atomic E-state index is 12.4. The van der Waals surface area contributed by atoms with Crippen molar-refractivity contribution in [2.24, 2.45) is 5.92 Å². The maximum Gasteiger partial charge on any atom is 0.252 e. The number of piperidine rings is 1. The first-order chi connectivity index (χ1) is 8.72. The van der Waals surface area contributed by atoms with Gasteiger partial charge in [0, 0.05) is 25.7 Å². The van der Waals surface area contributed by atoms with E-state index in [4.69, 9.17) is 4.74 Å². The molecule has 3 atom stereocenters. The van der Waals surface area contributed by atoms with Gasteiger partial charge in [0.2, 0.25) is 0 Å². The number of hydrogen-bond acceptors (Lipinski definition) is 3. The molecule has 104 valence electrons. The molecule has 0 aromatic rings. The topological polar surface area (TPSA) is 41.6 Å². The molecule has 1 N–H and O–H groups in total. The zero-order valence-electron chi connectivity index (χ0n) is 11.7. The lowest BCUT2D eigenvalue weighted by Gasteiger charge is -2.35. The number of carbonyl (C=O) groups excluding carboxylic acids is 1. The Balaban J connectivity index is 1.85. The van der Waals surface area contributed by atoms with E-state index >= 15 is 0 Å². The predicted molar refractivity (Wildman–Crippen MR) is 71.4 cm³/mol. The largest absolute Gasteiger partial charge is 0.368 e. The molecule has 0 aromatic heterocycles. The number of rotatable bonds is 4. The summed E-state index contributed by atoms with van der Waals surface area (Å²) < 4.78 is 5.58. The van der Waals surface area contributed by atoms with Crippen molar-refractivity contribution in [3.8, 4) is 0 Å². The normalized spacial score (nSPS) is 32.8. The summed E-state index contributed by atoms with van der Waals surface area (Å²) in [4.78, 5) is 14.4. The number of hydrogen-bond donors (Lipinski definition) is 1. The van der Waals surface area contributed by atoms with Crippen LogP contribution in [0.1, 0.15) is 39.5 Å². The molecule has 0 saturated carbocycles. The van der Waals surface area contributed by atoms with Gasteiger partial charge in [-0.25, -0.2) is 0 Å². The van der Waals surface area contributed by atoms with Gasteiger partial charge in [-0.2, -0.15) is 0 Å². The van der Waals surface area contributed by atoms with Gasteiger partial charge in [-0.1, -0.05) is 13.8 Å². The highest BCUT2D eigenvalue weighted by Gasteiger charge is 2.35. The van der Waals surface area contributed by atoms with E-state index in [2.05, 4.69) is 19.2 Å². The first kappa shape index (κ1) is 13.8. The zero-order valence-corrected chi connectivity index (χ0v) is 11.7. The maximum absolute atomic E-state index is 12.4. The van der Waals surface area contributed by atoms with Gasteiger partial charge in [0.05, 0.1) is 0 Å². The zero-order chi connectivity index (χ0) is 13.0. The molecule has 2 saturated heterocycles. The molecular formula is C14H26N2O2. The molecule has 2 fully saturated rings. The Hall–Kier alpha value is -0.610. The monoisotopic (exact) mass is 254 g/mol. The molecule has 2 heterocycles. The van der Waals surface area contributed by atoms with E-state index in [9.17, 15) is 4.79 Å². The molecule has 0 spiro atoms. The molecule has 2 aliphatic heterocycles. The lowest BCUT2D eigenvalue weighted by Crippen LogP contribution is -2.51. The van der Waals surface area contributed by atoms with Gasteiger partial charge in [0.25, 0.3) is 5.91 Å². The van der Waals surface area contributed by atoms with Gasteiger partial charge in [0.15, 0.2) is 0 Å². The summed E-state index contributed by atoms with van der Waals surface area (Å²) in [5.41, 5.74) is 0. The van der Waals surface area contributed by atoms with Crippen LogP contribution in [0.5, 0.6) is 0 Å². The first-order valence-corrected chi connectivity index (χ1v) is 7.36. The Bertz CT molecular complexity index is 283. The molecule has 0 radical (unpaired) electrons. The Kier molecular flexibility index (Phi) is 5.01. The van der Waals surface area contributed by atoms with E-state index < -0.39 is 0 Å². The van der Waals surface area contributed by atoms with Crippen LogP contribution in [0, 0.1) is 5.92 Å². The summed E-state index contributed by atoms with van der Waals surface area (Å²) in [5.74, 6) is 0.587. The van der Waals surface area contributed by atoms with Gasteiger partial charge in [0.1, 0.15) is 6.10 Å². The minimum atomic E-state index is -0.185. The van der Waals surface area contributed by atoms with Crippen molar-refractivity contribution in [3.05, 3.63) is 0 Å². The fraction of sp³-hybridized carbons (Fsp3) is 0.929. The van der Waals surface area contributed by atoms with E-state index in [0.717, 1.165) is 45.5 Å². The highest BCUT2D eigenvalue weighted by molar-refractivity contribution is 5.81. The van der Waals surface area contributed by atoms with Crippen LogP contribution in [-0.2, 0) is 9.53 Å². The fourth-order valence-electron chi connectivity index (χ4n) is 2.88. The average molecular weight is 254 g/mol. The van der Waals surface area contributed by atoms with E-state index in [1.807, 2.05) is 4.90 Å². The Morgan fingerprint density at radius 1 is 1.44 bits per heavy atom. The van der Waals surface area contributed by atoms with Crippen LogP contribution in [0.25, 0.3) is 0 Å². The van der Waals surface area contributed by atoms with Gasteiger partial charge >= 0.3 is 0 Å². The van der Waals surface area contributed by atoms with E-state index in [1.165, 1.54) is 6.42 Å². The van der Waals surface area contributed by atoms with Crippen molar-refractivity contribution in [2.75, 3.05) is 26.2 Å². The summed E-state index contributed by atoms with van der Waals surface area (Å²) in [6, 6.07) is 0.472. The van der Waals surface area contributed by atoms with Crippen molar-refractivity contribution < 1.29 is 9.53 Å². The standard InChI is InChI=1S/C14H26N2O2/c1-3-7-15-12-5-4-8-16(10-12)14(17)13-11(2)6-9-18-13/h11-13,15H,3-10H2,1-2H3. The molecule has 1 amide bonds. The second kappa shape index (κ2) is 6.53. The molecule has 2 aliphatic rings. The Morgan fingerprint density at radius 2 is 2.28 bits per heavy atom. The fourth-order valence-corrected chi connectivity index (χ4v) is 2.88. The molecule has 4 nitrogen and oxygen atoms in total. The quantitative estimate of drug-likeness (QED) is 0.824. The lowest BCUT2D eigenvalue weighted by atomic mass is 10.0. The second-order valence-electron chi connectivity index (χ2n) is 5.63. The molecule has 0 bridgehead atoms. The van der Waals surface area contributed by atoms with Crippen LogP contribution in [0.2, 0.25) is 0 Å². The second-order valence-corrected chi connectivity index (χ2v) is 5.63. The SMILES string of the molecule is CCCNC1CCCN(C(=O)C2OCCC2C)C1. The van der Waals surface area contributed by atoms with Gasteiger partial charge in [-0.05, 0) is 38.1 Å². The van der Waals surface area contributed by atoms with Crippen LogP contribution >= 0.6 is 0 Å². The molecule has 18 heavy (non-hydrogen) atoms.